The molecule has 20 rings (SSSR count). The summed E-state index contributed by atoms with van der Waals surface area (Å²) in [7, 11) is 0. The third-order valence-corrected chi connectivity index (χ3v) is 23.9. The number of anilines is 6. The average molecular weight is 1360 g/mol. The van der Waals surface area contributed by atoms with Crippen LogP contribution < -0.4 is 42.6 Å². The van der Waals surface area contributed by atoms with E-state index >= 15 is 0 Å². The van der Waals surface area contributed by atoms with Gasteiger partial charge in [-0.25, -0.2) is 0 Å². The third kappa shape index (κ3) is 9.61. The van der Waals surface area contributed by atoms with Gasteiger partial charge in [0.1, 0.15) is 0 Å². The van der Waals surface area contributed by atoms with Crippen LogP contribution in [0.2, 0.25) is 0 Å². The summed E-state index contributed by atoms with van der Waals surface area (Å²) in [6, 6.07) is 112. The highest BCUT2D eigenvalue weighted by atomic mass is 15.2. The molecule has 4 aromatic heterocycles. The fourth-order valence-electron chi connectivity index (χ4n) is 18.5. The molecule has 0 amide bonds. The number of para-hydroxylation sites is 4. The maximum absolute atomic E-state index is 2.65. The Morgan fingerprint density at radius 3 is 1.26 bits per heavy atom. The first kappa shape index (κ1) is 64.0. The molecule has 0 saturated carbocycles. The van der Waals surface area contributed by atoms with E-state index in [1.807, 2.05) is 0 Å². The van der Waals surface area contributed by atoms with Crippen LogP contribution in [-0.2, 0) is 21.7 Å². The molecule has 0 saturated heterocycles. The number of fused-ring (bicyclic) bond motifs is 17. The standard InChI is InChI=1S/C100H84B2N4/c1-97(2,3)65-44-49-87-74(53-65)78-56-68(100(10,11)12)58-80-76-59-92-86(60-91(76)105(87)93(78)80)101(82-39-24-26-41-89(82)103(92)69-33-18-14-19-34-69)81-38-23-22-37-71(81)64-32-28-31-62(51-64)63-43-46-72(61-29-16-13-17-30-61)85(52-63)102-83-40-25-27-42-90(83)104(70-35-20-15-21-36-70)96-84(102)48-47-73-77-55-67(99(7,8)9)57-79-75-54-66(98(4,5)6)45-50-88(75)106(94(77)79)95(73)96/h13-60H,1-12H3. The lowest BCUT2D eigenvalue weighted by Gasteiger charge is -2.38. The van der Waals surface area contributed by atoms with Gasteiger partial charge in [0.05, 0.1) is 38.8 Å². The van der Waals surface area contributed by atoms with Gasteiger partial charge in [-0.2, -0.15) is 0 Å². The Labute approximate surface area is 622 Å². The van der Waals surface area contributed by atoms with Crippen molar-refractivity contribution >= 4 is 157 Å². The van der Waals surface area contributed by atoms with Gasteiger partial charge in [0.25, 0.3) is 0 Å². The monoisotopic (exact) mass is 1360 g/mol. The number of hydrogen-bond acceptors (Lipinski definition) is 2. The molecule has 0 aliphatic carbocycles. The fraction of sp³-hybridized carbons (Fsp3) is 0.160. The van der Waals surface area contributed by atoms with Crippen LogP contribution in [0.15, 0.2) is 291 Å². The molecular weight excluding hydrogens is 1280 g/mol. The molecule has 14 aromatic carbocycles. The van der Waals surface area contributed by atoms with E-state index in [4.69, 9.17) is 0 Å². The molecule has 18 aromatic rings. The Morgan fingerprint density at radius 1 is 0.226 bits per heavy atom. The van der Waals surface area contributed by atoms with Gasteiger partial charge in [0.2, 0.25) is 13.4 Å². The molecule has 2 aliphatic heterocycles. The Morgan fingerprint density at radius 2 is 0.670 bits per heavy atom. The van der Waals surface area contributed by atoms with Crippen molar-refractivity contribution in [3.63, 3.8) is 0 Å². The fourth-order valence-corrected chi connectivity index (χ4v) is 18.5. The summed E-state index contributed by atoms with van der Waals surface area (Å²) >= 11 is 0. The Balaban J connectivity index is 0.799. The zero-order chi connectivity index (χ0) is 72.2. The lowest BCUT2D eigenvalue weighted by molar-refractivity contribution is 0.590. The third-order valence-electron chi connectivity index (χ3n) is 23.9. The molecule has 0 radical (unpaired) electrons. The summed E-state index contributed by atoms with van der Waals surface area (Å²) in [5, 5.41) is 10.4. The molecule has 510 valence electrons. The predicted octanol–water partition coefficient (Wildman–Crippen LogP) is 22.8. The van der Waals surface area contributed by atoms with Crippen molar-refractivity contribution in [3.8, 4) is 33.4 Å². The van der Waals surface area contributed by atoms with Crippen molar-refractivity contribution in [3.05, 3.63) is 313 Å². The number of rotatable bonds is 7. The van der Waals surface area contributed by atoms with Crippen molar-refractivity contribution < 1.29 is 0 Å². The minimum absolute atomic E-state index is 0.00283. The second kappa shape index (κ2) is 23.0. The van der Waals surface area contributed by atoms with E-state index in [-0.39, 0.29) is 35.1 Å². The summed E-state index contributed by atoms with van der Waals surface area (Å²) in [6.07, 6.45) is 0. The first-order chi connectivity index (χ1) is 51.1. The van der Waals surface area contributed by atoms with Gasteiger partial charge in [-0.1, -0.05) is 282 Å². The molecule has 6 heteroatoms. The summed E-state index contributed by atoms with van der Waals surface area (Å²) in [6.45, 7) is 27.9. The van der Waals surface area contributed by atoms with Gasteiger partial charge in [0, 0.05) is 71.5 Å². The first-order valence-electron chi connectivity index (χ1n) is 38.0. The molecule has 0 bridgehead atoms. The Kier molecular flexibility index (Phi) is 13.9. The topological polar surface area (TPSA) is 15.3 Å². The highest BCUT2D eigenvalue weighted by molar-refractivity contribution is 6.99. The highest BCUT2D eigenvalue weighted by Crippen LogP contribution is 2.50. The molecule has 2 aliphatic rings. The Bertz CT molecular complexity index is 6630. The molecular formula is C100H84B2N4. The lowest BCUT2D eigenvalue weighted by Crippen LogP contribution is -2.57. The van der Waals surface area contributed by atoms with Crippen LogP contribution in [0.4, 0.5) is 34.1 Å². The van der Waals surface area contributed by atoms with Gasteiger partial charge in [-0.3, -0.25) is 0 Å². The molecule has 106 heavy (non-hydrogen) atoms. The number of aromatic nitrogens is 2. The quantitative estimate of drug-likeness (QED) is 0.148. The maximum atomic E-state index is 2.65. The minimum Gasteiger partial charge on any atom is -0.311 e. The molecule has 6 heterocycles. The molecule has 4 nitrogen and oxygen atoms in total. The van der Waals surface area contributed by atoms with E-state index in [9.17, 15) is 0 Å². The highest BCUT2D eigenvalue weighted by Gasteiger charge is 2.42. The SMILES string of the molecule is CC(C)(C)c1ccc2c(c1)c1cc(C(C)(C)C)cc3c4cc5c(cc4n2c13)B(c1ccccc1-c1cccc(-c2ccc(-c3ccccc3)c(B3c4ccccc4N(c4ccccc4)c4c3ccc3c6cc(C(C)(C)C)cc7c8cc(C(C)(C)C)ccc8n(c43)c76)c2)c1)c1ccccc1N5c1ccccc1. The second-order valence-electron chi connectivity index (χ2n) is 34.5. The maximum Gasteiger partial charge on any atom is 0.247 e. The van der Waals surface area contributed by atoms with Crippen LogP contribution in [0.1, 0.15) is 105 Å². The van der Waals surface area contributed by atoms with Gasteiger partial charge in [-0.15, -0.1) is 0 Å². The van der Waals surface area contributed by atoms with Gasteiger partial charge in [0.15, 0.2) is 0 Å². The lowest BCUT2D eigenvalue weighted by atomic mass is 9.34. The van der Waals surface area contributed by atoms with Crippen LogP contribution in [-0.4, -0.2) is 22.2 Å². The van der Waals surface area contributed by atoms with E-state index in [1.54, 1.807) is 0 Å². The van der Waals surface area contributed by atoms with E-state index in [1.165, 1.54) is 187 Å². The molecule has 0 spiro atoms. The molecule has 0 fully saturated rings. The molecule has 0 unspecified atom stereocenters. The van der Waals surface area contributed by atoms with Crippen LogP contribution in [0.3, 0.4) is 0 Å². The van der Waals surface area contributed by atoms with Crippen LogP contribution in [0, 0.1) is 0 Å². The van der Waals surface area contributed by atoms with Gasteiger partial charge < -0.3 is 18.6 Å². The van der Waals surface area contributed by atoms with Crippen molar-refractivity contribution in [2.24, 2.45) is 0 Å². The summed E-state index contributed by atoms with van der Waals surface area (Å²) < 4.78 is 5.25. The average Bonchev–Trinajstić information content (AvgIpc) is 1.55. The first-order valence-corrected chi connectivity index (χ1v) is 38.0. The summed E-state index contributed by atoms with van der Waals surface area (Å²) in [5.41, 5.74) is 34.6. The van der Waals surface area contributed by atoms with Crippen molar-refractivity contribution in [1.29, 1.82) is 0 Å². The summed E-state index contributed by atoms with van der Waals surface area (Å²) in [4.78, 5) is 5.12. The van der Waals surface area contributed by atoms with Crippen LogP contribution >= 0.6 is 0 Å². The predicted molar refractivity (Wildman–Crippen MR) is 458 cm³/mol. The number of hydrogen-bond donors (Lipinski definition) is 0. The normalized spacial score (nSPS) is 13.6. The van der Waals surface area contributed by atoms with Gasteiger partial charge in [-0.05, 0) is 202 Å². The van der Waals surface area contributed by atoms with Gasteiger partial charge >= 0.3 is 0 Å². The zero-order valence-electron chi connectivity index (χ0n) is 62.7. The zero-order valence-corrected chi connectivity index (χ0v) is 62.7. The van der Waals surface area contributed by atoms with Crippen LogP contribution in [0.5, 0.6) is 0 Å². The second-order valence-corrected chi connectivity index (χ2v) is 34.5. The van der Waals surface area contributed by atoms with E-state index in [2.05, 4.69) is 393 Å². The van der Waals surface area contributed by atoms with E-state index in [0.717, 1.165) is 11.4 Å². The van der Waals surface area contributed by atoms with Crippen molar-refractivity contribution in [2.45, 2.75) is 105 Å². The summed E-state index contributed by atoms with van der Waals surface area (Å²) in [5.74, 6) is 0. The Hall–Kier alpha value is -11.6. The van der Waals surface area contributed by atoms with Crippen molar-refractivity contribution in [1.82, 2.24) is 8.80 Å². The molecule has 0 atom stereocenters. The van der Waals surface area contributed by atoms with Crippen molar-refractivity contribution in [2.75, 3.05) is 9.80 Å². The largest absolute Gasteiger partial charge is 0.311 e. The minimum atomic E-state index is -0.160. The van der Waals surface area contributed by atoms with E-state index in [0.29, 0.717) is 0 Å². The smallest absolute Gasteiger partial charge is 0.247 e. The number of nitrogens with zero attached hydrogens (tertiary/aromatic N) is 4. The van der Waals surface area contributed by atoms with E-state index < -0.39 is 0 Å². The number of benzene rings is 14. The molecule has 0 N–H and O–H groups in total. The van der Waals surface area contributed by atoms with Crippen LogP contribution in [0.25, 0.3) is 110 Å².